The monoisotopic (exact) mass is 404 g/mol. The molecule has 1 aromatic carbocycles. The summed E-state index contributed by atoms with van der Waals surface area (Å²) < 4.78 is 53.0. The van der Waals surface area contributed by atoms with E-state index in [1.54, 1.807) is 31.3 Å². The lowest BCUT2D eigenvalue weighted by Gasteiger charge is -2.16. The van der Waals surface area contributed by atoms with Crippen LogP contribution in [0.1, 0.15) is 9.67 Å². The van der Waals surface area contributed by atoms with Gasteiger partial charge in [-0.2, -0.15) is 8.78 Å². The van der Waals surface area contributed by atoms with Crippen molar-refractivity contribution in [1.82, 2.24) is 9.62 Å². The fourth-order valence-electron chi connectivity index (χ4n) is 2.10. The number of sulfonamides is 1. The van der Waals surface area contributed by atoms with Crippen LogP contribution < -0.4 is 9.46 Å². The highest BCUT2D eigenvalue weighted by molar-refractivity contribution is 7.88. The van der Waals surface area contributed by atoms with Crippen molar-refractivity contribution in [2.75, 3.05) is 26.4 Å². The first-order chi connectivity index (χ1) is 12.2. The van der Waals surface area contributed by atoms with Crippen molar-refractivity contribution < 1.29 is 26.7 Å². The number of nitrogens with one attached hydrogen (secondary N) is 1. The Morgan fingerprint density at radius 3 is 2.46 bits per heavy atom. The minimum atomic E-state index is -3.30. The minimum Gasteiger partial charge on any atom is -0.435 e. The van der Waals surface area contributed by atoms with Crippen LogP contribution in [-0.2, 0) is 10.0 Å². The molecule has 2 rings (SSSR count). The summed E-state index contributed by atoms with van der Waals surface area (Å²) in [5.74, 6) is -0.163. The van der Waals surface area contributed by atoms with Gasteiger partial charge in [0.2, 0.25) is 10.0 Å². The highest BCUT2D eigenvalue weighted by atomic mass is 32.2. The van der Waals surface area contributed by atoms with E-state index in [0.29, 0.717) is 4.88 Å². The predicted octanol–water partition coefficient (Wildman–Crippen LogP) is 2.64. The molecule has 2 aromatic rings. The van der Waals surface area contributed by atoms with Crippen LogP contribution in [0.2, 0.25) is 0 Å². The van der Waals surface area contributed by atoms with E-state index in [2.05, 4.69) is 9.46 Å². The number of halogens is 2. The zero-order valence-electron chi connectivity index (χ0n) is 14.1. The Kier molecular flexibility index (Phi) is 6.68. The SMILES string of the molecule is CN(CCNS(C)(=O)=O)C(=O)c1ccc(-c2ccc(OC(F)F)cc2)s1. The fourth-order valence-corrected chi connectivity index (χ4v) is 3.57. The van der Waals surface area contributed by atoms with Crippen LogP contribution >= 0.6 is 11.3 Å². The van der Waals surface area contributed by atoms with Gasteiger partial charge in [0.15, 0.2) is 0 Å². The van der Waals surface area contributed by atoms with Gasteiger partial charge >= 0.3 is 6.61 Å². The number of thiophene rings is 1. The van der Waals surface area contributed by atoms with E-state index < -0.39 is 16.6 Å². The molecule has 0 spiro atoms. The Morgan fingerprint density at radius 2 is 1.88 bits per heavy atom. The molecule has 0 bridgehead atoms. The molecule has 0 aliphatic rings. The Bertz CT molecular complexity index is 851. The number of amides is 1. The molecule has 0 saturated carbocycles. The number of hydrogen-bond acceptors (Lipinski definition) is 5. The maximum absolute atomic E-state index is 12.4. The maximum Gasteiger partial charge on any atom is 0.387 e. The molecule has 6 nitrogen and oxygen atoms in total. The van der Waals surface area contributed by atoms with E-state index in [4.69, 9.17) is 0 Å². The first-order valence-electron chi connectivity index (χ1n) is 7.51. The number of carbonyl (C=O) groups is 1. The lowest BCUT2D eigenvalue weighted by Crippen LogP contribution is -2.35. The van der Waals surface area contributed by atoms with Crippen molar-refractivity contribution in [3.8, 4) is 16.2 Å². The lowest BCUT2D eigenvalue weighted by molar-refractivity contribution is -0.0498. The third kappa shape index (κ3) is 6.04. The van der Waals surface area contributed by atoms with E-state index >= 15 is 0 Å². The molecule has 1 amide bonds. The average Bonchev–Trinajstić information content (AvgIpc) is 3.03. The van der Waals surface area contributed by atoms with Crippen molar-refractivity contribution in [2.24, 2.45) is 0 Å². The van der Waals surface area contributed by atoms with Crippen LogP contribution in [0.15, 0.2) is 36.4 Å². The smallest absolute Gasteiger partial charge is 0.387 e. The molecule has 142 valence electrons. The van der Waals surface area contributed by atoms with E-state index in [1.807, 2.05) is 0 Å². The zero-order chi connectivity index (χ0) is 19.3. The molecule has 1 heterocycles. The van der Waals surface area contributed by atoms with Crippen LogP contribution in [0.25, 0.3) is 10.4 Å². The van der Waals surface area contributed by atoms with Crippen LogP contribution in [0.5, 0.6) is 5.75 Å². The Labute approximate surface area is 154 Å². The van der Waals surface area contributed by atoms with Crippen molar-refractivity contribution in [1.29, 1.82) is 0 Å². The summed E-state index contributed by atoms with van der Waals surface area (Å²) >= 11 is 1.26. The number of benzene rings is 1. The first kappa shape index (κ1) is 20.3. The normalized spacial score (nSPS) is 11.6. The summed E-state index contributed by atoms with van der Waals surface area (Å²) in [7, 11) is -1.71. The van der Waals surface area contributed by atoms with Gasteiger partial charge in [-0.25, -0.2) is 13.1 Å². The summed E-state index contributed by atoms with van der Waals surface area (Å²) in [6, 6.07) is 9.59. The van der Waals surface area contributed by atoms with Gasteiger partial charge in [-0.15, -0.1) is 11.3 Å². The van der Waals surface area contributed by atoms with Crippen LogP contribution in [0.4, 0.5) is 8.78 Å². The van der Waals surface area contributed by atoms with Crippen molar-refractivity contribution in [2.45, 2.75) is 6.61 Å². The van der Waals surface area contributed by atoms with Gasteiger partial charge in [-0.3, -0.25) is 4.79 Å². The van der Waals surface area contributed by atoms with Gasteiger partial charge in [0.25, 0.3) is 5.91 Å². The summed E-state index contributed by atoms with van der Waals surface area (Å²) in [4.78, 5) is 15.1. The van der Waals surface area contributed by atoms with E-state index in [1.165, 1.54) is 28.4 Å². The number of ether oxygens (including phenoxy) is 1. The largest absolute Gasteiger partial charge is 0.435 e. The second-order valence-corrected chi connectivity index (χ2v) is 8.38. The zero-order valence-corrected chi connectivity index (χ0v) is 15.7. The second kappa shape index (κ2) is 8.56. The molecular weight excluding hydrogens is 386 g/mol. The fraction of sp³-hybridized carbons (Fsp3) is 0.312. The summed E-state index contributed by atoms with van der Waals surface area (Å²) in [5, 5.41) is 0. The molecule has 0 radical (unpaired) electrons. The van der Waals surface area contributed by atoms with E-state index in [-0.39, 0.29) is 24.7 Å². The highest BCUT2D eigenvalue weighted by Crippen LogP contribution is 2.30. The Balaban J connectivity index is 2.00. The summed E-state index contributed by atoms with van der Waals surface area (Å²) in [6.07, 6.45) is 1.05. The Morgan fingerprint density at radius 1 is 1.23 bits per heavy atom. The molecule has 1 aromatic heterocycles. The standard InChI is InChI=1S/C16H18F2N2O4S2/c1-20(10-9-19-26(2,22)23)15(21)14-8-7-13(25-14)11-3-5-12(6-4-11)24-16(17)18/h3-8,16,19H,9-10H2,1-2H3. The van der Waals surface area contributed by atoms with Gasteiger partial charge in [0, 0.05) is 25.0 Å². The maximum atomic E-state index is 12.4. The van der Waals surface area contributed by atoms with Crippen LogP contribution in [0, 0.1) is 0 Å². The average molecular weight is 404 g/mol. The van der Waals surface area contributed by atoms with Crippen molar-refractivity contribution >= 4 is 27.3 Å². The molecule has 0 fully saturated rings. The highest BCUT2D eigenvalue weighted by Gasteiger charge is 2.15. The molecule has 26 heavy (non-hydrogen) atoms. The molecule has 0 atom stereocenters. The minimum absolute atomic E-state index is 0.0646. The molecule has 0 unspecified atom stereocenters. The van der Waals surface area contributed by atoms with Gasteiger partial charge in [0.1, 0.15) is 5.75 Å². The third-order valence-corrected chi connectivity index (χ3v) is 5.19. The van der Waals surface area contributed by atoms with Gasteiger partial charge in [0.05, 0.1) is 11.1 Å². The number of rotatable bonds is 8. The number of hydrogen-bond donors (Lipinski definition) is 1. The van der Waals surface area contributed by atoms with Crippen molar-refractivity contribution in [3.05, 3.63) is 41.3 Å². The predicted molar refractivity (Wildman–Crippen MR) is 96.2 cm³/mol. The third-order valence-electron chi connectivity index (χ3n) is 3.34. The topological polar surface area (TPSA) is 75.7 Å². The number of nitrogens with zero attached hydrogens (tertiary/aromatic N) is 1. The quantitative estimate of drug-likeness (QED) is 0.734. The molecule has 0 saturated heterocycles. The first-order valence-corrected chi connectivity index (χ1v) is 10.2. The summed E-state index contributed by atoms with van der Waals surface area (Å²) in [6.45, 7) is -2.51. The van der Waals surface area contributed by atoms with Crippen molar-refractivity contribution in [3.63, 3.8) is 0 Å². The molecular formula is C16H18F2N2O4S2. The van der Waals surface area contributed by atoms with Crippen LogP contribution in [-0.4, -0.2) is 52.2 Å². The van der Waals surface area contributed by atoms with Crippen LogP contribution in [0.3, 0.4) is 0 Å². The number of likely N-dealkylation sites (N-methyl/N-ethyl adjacent to an activating group) is 1. The van der Waals surface area contributed by atoms with E-state index in [0.717, 1.165) is 16.7 Å². The lowest BCUT2D eigenvalue weighted by atomic mass is 10.2. The van der Waals surface area contributed by atoms with Gasteiger partial charge < -0.3 is 9.64 Å². The number of carbonyl (C=O) groups excluding carboxylic acids is 1. The molecule has 1 N–H and O–H groups in total. The second-order valence-electron chi connectivity index (χ2n) is 5.46. The Hall–Kier alpha value is -2.04. The summed E-state index contributed by atoms with van der Waals surface area (Å²) in [5.41, 5.74) is 0.775. The van der Waals surface area contributed by atoms with Gasteiger partial charge in [-0.05, 0) is 42.0 Å². The van der Waals surface area contributed by atoms with Gasteiger partial charge in [-0.1, -0.05) is 0 Å². The number of alkyl halides is 2. The molecule has 10 heteroatoms. The molecule has 0 aliphatic heterocycles. The molecule has 0 aliphatic carbocycles. The van der Waals surface area contributed by atoms with E-state index in [9.17, 15) is 22.0 Å².